The number of carbonyl (C=O) groups excluding carboxylic acids is 2. The number of likely N-dealkylation sites (tertiary alicyclic amines) is 1. The van der Waals surface area contributed by atoms with Crippen molar-refractivity contribution in [2.75, 3.05) is 19.6 Å². The molecule has 0 radical (unpaired) electrons. The van der Waals surface area contributed by atoms with Crippen molar-refractivity contribution >= 4 is 12.0 Å². The van der Waals surface area contributed by atoms with Crippen LogP contribution in [0.25, 0.3) is 0 Å². The zero-order valence-corrected chi connectivity index (χ0v) is 16.2. The van der Waals surface area contributed by atoms with Gasteiger partial charge in [0.25, 0.3) is 0 Å². The van der Waals surface area contributed by atoms with Gasteiger partial charge in [-0.05, 0) is 59.2 Å². The Labute approximate surface area is 156 Å². The molecule has 1 unspecified atom stereocenters. The van der Waals surface area contributed by atoms with Crippen molar-refractivity contribution in [1.82, 2.24) is 15.5 Å². The maximum absolute atomic E-state index is 12.4. The van der Waals surface area contributed by atoms with Gasteiger partial charge in [-0.1, -0.05) is 30.3 Å². The molecule has 0 spiro atoms. The minimum absolute atomic E-state index is 0.149. The van der Waals surface area contributed by atoms with E-state index in [2.05, 4.69) is 27.7 Å². The van der Waals surface area contributed by atoms with Gasteiger partial charge in [0.05, 0.1) is 6.04 Å². The summed E-state index contributed by atoms with van der Waals surface area (Å²) in [5, 5.41) is 5.56. The number of hydrogen-bond acceptors (Lipinski definition) is 4. The lowest BCUT2D eigenvalue weighted by Crippen LogP contribution is -2.48. The van der Waals surface area contributed by atoms with Crippen LogP contribution in [-0.4, -0.2) is 48.2 Å². The van der Waals surface area contributed by atoms with Gasteiger partial charge in [0.1, 0.15) is 11.6 Å². The van der Waals surface area contributed by atoms with Crippen LogP contribution in [0, 0.1) is 0 Å². The van der Waals surface area contributed by atoms with Crippen molar-refractivity contribution in [3.63, 3.8) is 0 Å². The molecule has 1 aliphatic rings. The van der Waals surface area contributed by atoms with Crippen molar-refractivity contribution < 1.29 is 14.3 Å². The molecule has 144 valence electrons. The quantitative estimate of drug-likeness (QED) is 0.817. The molecule has 1 aromatic carbocycles. The number of nitrogens with one attached hydrogen (secondary N) is 2. The van der Waals surface area contributed by atoms with Crippen molar-refractivity contribution in [1.29, 1.82) is 0 Å². The van der Waals surface area contributed by atoms with E-state index in [1.54, 1.807) is 27.7 Å². The largest absolute Gasteiger partial charge is 0.444 e. The van der Waals surface area contributed by atoms with Crippen molar-refractivity contribution in [3.05, 3.63) is 35.9 Å². The van der Waals surface area contributed by atoms with Crippen molar-refractivity contribution in [2.24, 2.45) is 0 Å². The summed E-state index contributed by atoms with van der Waals surface area (Å²) in [5.74, 6) is -0.212. The predicted molar refractivity (Wildman–Crippen MR) is 102 cm³/mol. The molecule has 1 fully saturated rings. The minimum Gasteiger partial charge on any atom is -0.444 e. The Kier molecular flexibility index (Phi) is 7.03. The maximum Gasteiger partial charge on any atom is 0.408 e. The number of rotatable bonds is 6. The second-order valence-corrected chi connectivity index (χ2v) is 7.78. The van der Waals surface area contributed by atoms with Gasteiger partial charge in [0, 0.05) is 6.54 Å². The van der Waals surface area contributed by atoms with Gasteiger partial charge in [-0.2, -0.15) is 0 Å². The predicted octanol–water partition coefficient (Wildman–Crippen LogP) is 2.85. The molecule has 1 aliphatic heterocycles. The summed E-state index contributed by atoms with van der Waals surface area (Å²) in [4.78, 5) is 26.6. The van der Waals surface area contributed by atoms with Crippen LogP contribution in [-0.2, 0) is 9.53 Å². The molecule has 1 aromatic rings. The van der Waals surface area contributed by atoms with E-state index in [1.165, 1.54) is 18.4 Å². The molecule has 6 nitrogen and oxygen atoms in total. The first-order valence-electron chi connectivity index (χ1n) is 9.32. The number of hydrogen-bond donors (Lipinski definition) is 2. The third-order valence-electron chi connectivity index (χ3n) is 4.36. The molecule has 2 atom stereocenters. The lowest BCUT2D eigenvalue weighted by Gasteiger charge is -2.29. The summed E-state index contributed by atoms with van der Waals surface area (Å²) in [6.45, 7) is 9.63. The number of ether oxygens (including phenoxy) is 1. The molecule has 1 saturated heterocycles. The highest BCUT2D eigenvalue weighted by molar-refractivity contribution is 5.85. The molecule has 2 N–H and O–H groups in total. The first-order valence-corrected chi connectivity index (χ1v) is 9.32. The summed E-state index contributed by atoms with van der Waals surface area (Å²) in [6, 6.07) is 9.72. The van der Waals surface area contributed by atoms with Gasteiger partial charge in [-0.15, -0.1) is 0 Å². The second-order valence-electron chi connectivity index (χ2n) is 7.78. The SMILES string of the molecule is C[C@@H](NC(=O)OC(C)(C)C)C(=O)NCC(c1ccccc1)N1CCCC1. The Bertz CT molecular complexity index is 592. The number of carbonyl (C=O) groups is 2. The first kappa shape index (κ1) is 20.2. The van der Waals surface area contributed by atoms with Gasteiger partial charge < -0.3 is 15.4 Å². The minimum atomic E-state index is -0.653. The third-order valence-corrected chi connectivity index (χ3v) is 4.36. The van der Waals surface area contributed by atoms with Crippen molar-refractivity contribution in [2.45, 2.75) is 58.2 Å². The van der Waals surface area contributed by atoms with Gasteiger partial charge in [-0.3, -0.25) is 9.69 Å². The van der Waals surface area contributed by atoms with Crippen LogP contribution in [0.15, 0.2) is 30.3 Å². The van der Waals surface area contributed by atoms with E-state index >= 15 is 0 Å². The van der Waals surface area contributed by atoms with E-state index in [0.717, 1.165) is 13.1 Å². The molecule has 0 aliphatic carbocycles. The second kappa shape index (κ2) is 9.03. The van der Waals surface area contributed by atoms with E-state index in [-0.39, 0.29) is 11.9 Å². The fourth-order valence-corrected chi connectivity index (χ4v) is 3.09. The van der Waals surface area contributed by atoms with E-state index < -0.39 is 17.7 Å². The molecule has 26 heavy (non-hydrogen) atoms. The molecular formula is C20H31N3O3. The summed E-state index contributed by atoms with van der Waals surface area (Å²) in [5.41, 5.74) is 0.608. The molecule has 1 heterocycles. The smallest absolute Gasteiger partial charge is 0.408 e. The number of amides is 2. The summed E-state index contributed by atoms with van der Waals surface area (Å²) in [6.07, 6.45) is 1.79. The summed E-state index contributed by atoms with van der Waals surface area (Å²) < 4.78 is 5.20. The van der Waals surface area contributed by atoms with Gasteiger partial charge >= 0.3 is 6.09 Å². The first-order chi connectivity index (χ1) is 12.3. The maximum atomic E-state index is 12.4. The fourth-order valence-electron chi connectivity index (χ4n) is 3.09. The molecule has 0 bridgehead atoms. The average molecular weight is 361 g/mol. The summed E-state index contributed by atoms with van der Waals surface area (Å²) >= 11 is 0. The van der Waals surface area contributed by atoms with Crippen LogP contribution < -0.4 is 10.6 Å². The van der Waals surface area contributed by atoms with Gasteiger partial charge in [-0.25, -0.2) is 4.79 Å². The van der Waals surface area contributed by atoms with Crippen molar-refractivity contribution in [3.8, 4) is 0 Å². The lowest BCUT2D eigenvalue weighted by molar-refractivity contribution is -0.123. The molecule has 0 saturated carbocycles. The molecular weight excluding hydrogens is 330 g/mol. The average Bonchev–Trinajstić information content (AvgIpc) is 3.08. The topological polar surface area (TPSA) is 70.7 Å². The Morgan fingerprint density at radius 3 is 2.35 bits per heavy atom. The zero-order valence-electron chi connectivity index (χ0n) is 16.2. The highest BCUT2D eigenvalue weighted by atomic mass is 16.6. The highest BCUT2D eigenvalue weighted by Gasteiger charge is 2.25. The fraction of sp³-hybridized carbons (Fsp3) is 0.600. The van der Waals surface area contributed by atoms with E-state index in [0.29, 0.717) is 6.54 Å². The Hall–Kier alpha value is -2.08. The molecule has 2 rings (SSSR count). The normalized spacial score (nSPS) is 17.4. The standard InChI is InChI=1S/C20H31N3O3/c1-15(22-19(25)26-20(2,3)4)18(24)21-14-17(23-12-8-9-13-23)16-10-6-5-7-11-16/h5-7,10-11,15,17H,8-9,12-14H2,1-4H3,(H,21,24)(H,22,25)/t15-,17?/m1/s1. The summed E-state index contributed by atoms with van der Waals surface area (Å²) in [7, 11) is 0. The van der Waals surface area contributed by atoms with E-state index in [1.807, 2.05) is 18.2 Å². The molecule has 6 heteroatoms. The molecule has 2 amide bonds. The Balaban J connectivity index is 1.91. The third kappa shape index (κ3) is 6.33. The lowest BCUT2D eigenvalue weighted by atomic mass is 10.1. The van der Waals surface area contributed by atoms with Crippen LogP contribution in [0.3, 0.4) is 0 Å². The monoisotopic (exact) mass is 361 g/mol. The number of alkyl carbamates (subject to hydrolysis) is 1. The van der Waals surface area contributed by atoms with Crippen LogP contribution >= 0.6 is 0 Å². The Morgan fingerprint density at radius 2 is 1.77 bits per heavy atom. The van der Waals surface area contributed by atoms with Gasteiger partial charge in [0.15, 0.2) is 0 Å². The van der Waals surface area contributed by atoms with Crippen LogP contribution in [0.2, 0.25) is 0 Å². The van der Waals surface area contributed by atoms with Crippen LogP contribution in [0.4, 0.5) is 4.79 Å². The van der Waals surface area contributed by atoms with Crippen LogP contribution in [0.5, 0.6) is 0 Å². The molecule has 0 aromatic heterocycles. The number of nitrogens with zero attached hydrogens (tertiary/aromatic N) is 1. The highest BCUT2D eigenvalue weighted by Crippen LogP contribution is 2.24. The van der Waals surface area contributed by atoms with Crippen LogP contribution in [0.1, 0.15) is 52.1 Å². The van der Waals surface area contributed by atoms with E-state index in [9.17, 15) is 9.59 Å². The zero-order chi connectivity index (χ0) is 19.2. The van der Waals surface area contributed by atoms with Gasteiger partial charge in [0.2, 0.25) is 5.91 Å². The van der Waals surface area contributed by atoms with E-state index in [4.69, 9.17) is 4.74 Å². The Morgan fingerprint density at radius 1 is 1.15 bits per heavy atom. The number of benzene rings is 1.